The minimum atomic E-state index is -3.47. The molecule has 0 spiro atoms. The molecule has 1 aliphatic carbocycles. The number of nitrogens with zero attached hydrogens (tertiary/aromatic N) is 1. The van der Waals surface area contributed by atoms with Crippen LogP contribution in [-0.4, -0.2) is 19.6 Å². The number of amidine groups is 1. The Morgan fingerprint density at radius 3 is 2.62 bits per heavy atom. The van der Waals surface area contributed by atoms with Gasteiger partial charge in [-0.15, -0.1) is 0 Å². The van der Waals surface area contributed by atoms with E-state index >= 15 is 0 Å². The lowest BCUT2D eigenvalue weighted by Crippen LogP contribution is -2.26. The lowest BCUT2D eigenvalue weighted by molar-refractivity contribution is 0.420. The van der Waals surface area contributed by atoms with Crippen LogP contribution in [-0.2, 0) is 9.84 Å². The summed E-state index contributed by atoms with van der Waals surface area (Å²) in [4.78, 5) is 4.07. The number of halogens is 1. The van der Waals surface area contributed by atoms with Gasteiger partial charge in [0.15, 0.2) is 4.36 Å². The standard InChI is InChI=1S/C7H9ClN2O2S/c8-6-4-9-7(13(6,11)12)10-5-2-1-3-5/h4-5H,1-3H2,(H,9,10). The van der Waals surface area contributed by atoms with Crippen molar-refractivity contribution in [1.29, 1.82) is 0 Å². The van der Waals surface area contributed by atoms with Crippen molar-refractivity contribution >= 4 is 26.6 Å². The van der Waals surface area contributed by atoms with Crippen LogP contribution in [0.4, 0.5) is 0 Å². The third-order valence-electron chi connectivity index (χ3n) is 2.19. The van der Waals surface area contributed by atoms with Gasteiger partial charge in [-0.25, -0.2) is 8.42 Å². The summed E-state index contributed by atoms with van der Waals surface area (Å²) in [6.07, 6.45) is 4.33. The Bertz CT molecular complexity index is 381. The molecule has 1 N–H and O–H groups in total. The first-order valence-corrected chi connectivity index (χ1v) is 5.92. The molecule has 0 aromatic heterocycles. The van der Waals surface area contributed by atoms with Crippen molar-refractivity contribution in [3.05, 3.63) is 10.6 Å². The summed E-state index contributed by atoms with van der Waals surface area (Å²) in [6, 6.07) is 0.160. The molecule has 72 valence electrons. The predicted molar refractivity (Wildman–Crippen MR) is 51.1 cm³/mol. The zero-order chi connectivity index (χ0) is 9.47. The predicted octanol–water partition coefficient (Wildman–Crippen LogP) is 0.951. The molecule has 0 amide bonds. The summed E-state index contributed by atoms with van der Waals surface area (Å²) >= 11 is 5.47. The van der Waals surface area contributed by atoms with E-state index in [4.69, 9.17) is 11.6 Å². The topological polar surface area (TPSA) is 58.5 Å². The summed E-state index contributed by atoms with van der Waals surface area (Å²) in [7, 11) is -3.47. The highest BCUT2D eigenvalue weighted by Crippen LogP contribution is 2.25. The van der Waals surface area contributed by atoms with Gasteiger partial charge in [-0.05, 0) is 19.3 Å². The van der Waals surface area contributed by atoms with E-state index in [-0.39, 0.29) is 15.6 Å². The van der Waals surface area contributed by atoms with Crippen LogP contribution < -0.4 is 5.32 Å². The van der Waals surface area contributed by atoms with Crippen LogP contribution in [0.25, 0.3) is 0 Å². The molecular weight excluding hydrogens is 212 g/mol. The van der Waals surface area contributed by atoms with Gasteiger partial charge in [0.1, 0.15) is 0 Å². The minimum absolute atomic E-state index is 0.00204. The van der Waals surface area contributed by atoms with E-state index in [0.717, 1.165) is 19.3 Å². The van der Waals surface area contributed by atoms with Gasteiger partial charge >= 0.3 is 0 Å². The summed E-state index contributed by atoms with van der Waals surface area (Å²) in [5, 5.41) is 2.57. The molecule has 1 saturated carbocycles. The fourth-order valence-electron chi connectivity index (χ4n) is 1.15. The lowest BCUT2D eigenvalue weighted by atomic mass is 9.94. The second kappa shape index (κ2) is 2.99. The van der Waals surface area contributed by atoms with Crippen molar-refractivity contribution < 1.29 is 8.42 Å². The Hall–Kier alpha value is -0.550. The molecule has 0 radical (unpaired) electrons. The van der Waals surface area contributed by atoms with Crippen LogP contribution in [0.1, 0.15) is 19.3 Å². The number of hydrogen-bond donors (Lipinski definition) is 1. The molecule has 0 bridgehead atoms. The Morgan fingerprint density at radius 1 is 1.54 bits per heavy atom. The SMILES string of the molecule is O=S1(=O)C(Cl)=CNC1=NC1CCC1. The first-order valence-electron chi connectivity index (χ1n) is 4.06. The molecule has 1 heterocycles. The number of nitrogens with one attached hydrogen (secondary N) is 1. The van der Waals surface area contributed by atoms with E-state index < -0.39 is 9.84 Å². The maximum atomic E-state index is 11.4. The second-order valence-corrected chi connectivity index (χ2v) is 5.58. The highest BCUT2D eigenvalue weighted by molar-refractivity contribution is 8.11. The van der Waals surface area contributed by atoms with Crippen molar-refractivity contribution in [3.8, 4) is 0 Å². The molecule has 2 aliphatic rings. The molecule has 13 heavy (non-hydrogen) atoms. The smallest absolute Gasteiger partial charge is 0.251 e. The third-order valence-corrected chi connectivity index (χ3v) is 4.28. The van der Waals surface area contributed by atoms with E-state index in [1.165, 1.54) is 6.20 Å². The van der Waals surface area contributed by atoms with Crippen LogP contribution in [0.5, 0.6) is 0 Å². The van der Waals surface area contributed by atoms with Gasteiger partial charge < -0.3 is 5.32 Å². The fraction of sp³-hybridized carbons (Fsp3) is 0.571. The zero-order valence-electron chi connectivity index (χ0n) is 6.83. The molecule has 0 saturated heterocycles. The molecule has 0 atom stereocenters. The number of sulfone groups is 1. The van der Waals surface area contributed by atoms with Crippen LogP contribution in [0.3, 0.4) is 0 Å². The highest BCUT2D eigenvalue weighted by Gasteiger charge is 2.31. The summed E-state index contributed by atoms with van der Waals surface area (Å²) < 4.78 is 22.6. The quantitative estimate of drug-likeness (QED) is 0.716. The molecule has 0 aromatic carbocycles. The van der Waals surface area contributed by atoms with Gasteiger partial charge in [-0.3, -0.25) is 4.99 Å². The lowest BCUT2D eigenvalue weighted by Gasteiger charge is -2.21. The molecular formula is C7H9ClN2O2S. The normalized spacial score (nSPS) is 29.6. The van der Waals surface area contributed by atoms with Gasteiger partial charge in [0.05, 0.1) is 6.04 Å². The number of hydrogen-bond acceptors (Lipinski definition) is 3. The zero-order valence-corrected chi connectivity index (χ0v) is 8.40. The van der Waals surface area contributed by atoms with Gasteiger partial charge in [0, 0.05) is 6.20 Å². The van der Waals surface area contributed by atoms with Gasteiger partial charge in [-0.2, -0.15) is 0 Å². The Kier molecular flexibility index (Phi) is 2.08. The summed E-state index contributed by atoms with van der Waals surface area (Å²) in [6.45, 7) is 0. The maximum Gasteiger partial charge on any atom is 0.251 e. The Labute approximate surface area is 81.6 Å². The molecule has 1 aliphatic heterocycles. The third kappa shape index (κ3) is 1.46. The molecule has 6 heteroatoms. The van der Waals surface area contributed by atoms with Gasteiger partial charge in [0.2, 0.25) is 5.17 Å². The van der Waals surface area contributed by atoms with E-state index in [1.54, 1.807) is 0 Å². The number of rotatable bonds is 1. The van der Waals surface area contributed by atoms with Crippen molar-refractivity contribution in [2.45, 2.75) is 25.3 Å². The van der Waals surface area contributed by atoms with Crippen LogP contribution in [0, 0.1) is 0 Å². The van der Waals surface area contributed by atoms with E-state index in [1.807, 2.05) is 0 Å². The maximum absolute atomic E-state index is 11.4. The van der Waals surface area contributed by atoms with Gasteiger partial charge in [-0.1, -0.05) is 11.6 Å². The summed E-state index contributed by atoms with van der Waals surface area (Å²) in [5.41, 5.74) is 0. The van der Waals surface area contributed by atoms with Crippen molar-refractivity contribution in [2.75, 3.05) is 0 Å². The van der Waals surface area contributed by atoms with Crippen molar-refractivity contribution in [1.82, 2.24) is 5.32 Å². The molecule has 0 unspecified atom stereocenters. The number of aliphatic imine (C=N–C) groups is 1. The highest BCUT2D eigenvalue weighted by atomic mass is 35.5. The average molecular weight is 221 g/mol. The average Bonchev–Trinajstić information content (AvgIpc) is 2.22. The van der Waals surface area contributed by atoms with E-state index in [2.05, 4.69) is 10.3 Å². The first kappa shape index (κ1) is 9.02. The summed E-state index contributed by atoms with van der Waals surface area (Å²) in [5.74, 6) is 0. The first-order chi connectivity index (χ1) is 6.10. The van der Waals surface area contributed by atoms with E-state index in [9.17, 15) is 8.42 Å². The van der Waals surface area contributed by atoms with Crippen molar-refractivity contribution in [3.63, 3.8) is 0 Å². The molecule has 1 fully saturated rings. The minimum Gasteiger partial charge on any atom is -0.335 e. The second-order valence-electron chi connectivity index (χ2n) is 3.12. The van der Waals surface area contributed by atoms with Crippen molar-refractivity contribution in [2.24, 2.45) is 4.99 Å². The monoisotopic (exact) mass is 220 g/mol. The molecule has 0 aromatic rings. The van der Waals surface area contributed by atoms with Gasteiger partial charge in [0.25, 0.3) is 9.84 Å². The molecule has 2 rings (SSSR count). The molecule has 4 nitrogen and oxygen atoms in total. The fourth-order valence-corrected chi connectivity index (χ4v) is 2.33. The Morgan fingerprint density at radius 2 is 2.23 bits per heavy atom. The Balaban J connectivity index is 2.24. The van der Waals surface area contributed by atoms with Crippen LogP contribution >= 0.6 is 11.6 Å². The largest absolute Gasteiger partial charge is 0.335 e. The van der Waals surface area contributed by atoms with Crippen LogP contribution in [0.15, 0.2) is 15.6 Å². The van der Waals surface area contributed by atoms with E-state index in [0.29, 0.717) is 0 Å². The van der Waals surface area contributed by atoms with Crippen LogP contribution in [0.2, 0.25) is 0 Å².